The van der Waals surface area contributed by atoms with E-state index in [1.54, 1.807) is 6.07 Å². The lowest BCUT2D eigenvalue weighted by atomic mass is 10.1. The highest BCUT2D eigenvalue weighted by molar-refractivity contribution is 14.1. The molecule has 0 saturated carbocycles. The molecule has 0 amide bonds. The van der Waals surface area contributed by atoms with Gasteiger partial charge < -0.3 is 5.11 Å². The highest BCUT2D eigenvalue weighted by atomic mass is 127. The van der Waals surface area contributed by atoms with E-state index in [0.717, 1.165) is 14.3 Å². The van der Waals surface area contributed by atoms with Gasteiger partial charge in [0.1, 0.15) is 5.75 Å². The molecule has 3 heteroatoms. The first-order valence-electron chi connectivity index (χ1n) is 3.76. The van der Waals surface area contributed by atoms with E-state index in [-0.39, 0.29) is 0 Å². The summed E-state index contributed by atoms with van der Waals surface area (Å²) in [6.45, 7) is 0. The maximum Gasteiger partial charge on any atom is 0.136 e. The van der Waals surface area contributed by atoms with Crippen LogP contribution in [0.2, 0.25) is 5.02 Å². The van der Waals surface area contributed by atoms with Crippen molar-refractivity contribution in [2.24, 2.45) is 0 Å². The summed E-state index contributed by atoms with van der Waals surface area (Å²) in [5.41, 5.74) is 0. The minimum Gasteiger partial charge on any atom is -0.506 e. The summed E-state index contributed by atoms with van der Waals surface area (Å²) in [4.78, 5) is 0. The highest BCUT2D eigenvalue weighted by Gasteiger charge is 2.06. The molecular formula is C10H6ClIO. The van der Waals surface area contributed by atoms with Crippen LogP contribution < -0.4 is 0 Å². The third-order valence-electron chi connectivity index (χ3n) is 1.92. The average Bonchev–Trinajstić information content (AvgIpc) is 2.15. The molecule has 1 N–H and O–H groups in total. The number of rotatable bonds is 0. The topological polar surface area (TPSA) is 20.2 Å². The van der Waals surface area contributed by atoms with Crippen molar-refractivity contribution in [3.05, 3.63) is 38.9 Å². The Morgan fingerprint density at radius 1 is 1.15 bits per heavy atom. The number of halogens is 2. The van der Waals surface area contributed by atoms with Crippen LogP contribution in [0.1, 0.15) is 0 Å². The Labute approximate surface area is 94.5 Å². The van der Waals surface area contributed by atoms with E-state index in [1.165, 1.54) is 0 Å². The fourth-order valence-corrected chi connectivity index (χ4v) is 2.34. The van der Waals surface area contributed by atoms with Gasteiger partial charge in [-0.3, -0.25) is 0 Å². The quantitative estimate of drug-likeness (QED) is 0.734. The predicted molar refractivity (Wildman–Crippen MR) is 63.3 cm³/mol. The van der Waals surface area contributed by atoms with E-state index in [9.17, 15) is 5.11 Å². The minimum atomic E-state index is 0.306. The van der Waals surface area contributed by atoms with Gasteiger partial charge in [-0.2, -0.15) is 0 Å². The first kappa shape index (κ1) is 9.09. The van der Waals surface area contributed by atoms with Gasteiger partial charge in [0.25, 0.3) is 0 Å². The second-order valence-electron chi connectivity index (χ2n) is 2.73. The number of phenolic OH excluding ortho intramolecular Hbond substituents is 1. The molecule has 0 aliphatic rings. The van der Waals surface area contributed by atoms with Crippen molar-refractivity contribution in [1.29, 1.82) is 0 Å². The molecule has 0 aliphatic heterocycles. The molecule has 1 nitrogen and oxygen atoms in total. The lowest BCUT2D eigenvalue weighted by Crippen LogP contribution is -1.79. The molecule has 0 radical (unpaired) electrons. The van der Waals surface area contributed by atoms with Crippen molar-refractivity contribution in [1.82, 2.24) is 0 Å². The van der Waals surface area contributed by atoms with Crippen molar-refractivity contribution in [3.8, 4) is 5.75 Å². The smallest absolute Gasteiger partial charge is 0.136 e. The summed E-state index contributed by atoms with van der Waals surface area (Å²) in [5.74, 6) is 0.306. The van der Waals surface area contributed by atoms with Gasteiger partial charge in [0.15, 0.2) is 0 Å². The number of fused-ring (bicyclic) bond motifs is 1. The number of benzene rings is 2. The maximum absolute atomic E-state index is 9.72. The molecular weight excluding hydrogens is 298 g/mol. The Morgan fingerprint density at radius 3 is 2.46 bits per heavy atom. The largest absolute Gasteiger partial charge is 0.506 e. The van der Waals surface area contributed by atoms with Gasteiger partial charge in [-0.1, -0.05) is 35.9 Å². The van der Waals surface area contributed by atoms with Crippen LogP contribution in [0.15, 0.2) is 30.3 Å². The number of aromatic hydroxyl groups is 1. The third kappa shape index (κ3) is 1.48. The summed E-state index contributed by atoms with van der Waals surface area (Å²) >= 11 is 8.08. The van der Waals surface area contributed by atoms with Crippen LogP contribution in [0.3, 0.4) is 0 Å². The van der Waals surface area contributed by atoms with Crippen LogP contribution in [-0.4, -0.2) is 5.11 Å². The average molecular weight is 305 g/mol. The van der Waals surface area contributed by atoms with Crippen molar-refractivity contribution in [2.75, 3.05) is 0 Å². The van der Waals surface area contributed by atoms with Crippen LogP contribution in [0.4, 0.5) is 0 Å². The van der Waals surface area contributed by atoms with E-state index in [1.807, 2.05) is 24.3 Å². The summed E-state index contributed by atoms with van der Waals surface area (Å²) in [5, 5.41) is 12.1. The predicted octanol–water partition coefficient (Wildman–Crippen LogP) is 3.80. The Hall–Kier alpha value is -0.480. The zero-order valence-corrected chi connectivity index (χ0v) is 9.50. The molecule has 0 fully saturated rings. The van der Waals surface area contributed by atoms with Crippen LogP contribution in [-0.2, 0) is 0 Å². The van der Waals surface area contributed by atoms with Crippen molar-refractivity contribution in [2.45, 2.75) is 0 Å². The molecule has 0 spiro atoms. The van der Waals surface area contributed by atoms with Gasteiger partial charge in [0, 0.05) is 15.8 Å². The second-order valence-corrected chi connectivity index (χ2v) is 4.30. The molecule has 66 valence electrons. The summed E-state index contributed by atoms with van der Waals surface area (Å²) < 4.78 is 0.779. The highest BCUT2D eigenvalue weighted by Crippen LogP contribution is 2.34. The number of hydrogen-bond donors (Lipinski definition) is 1. The van der Waals surface area contributed by atoms with Gasteiger partial charge in [0.05, 0.1) is 3.57 Å². The molecule has 0 bridgehead atoms. The molecule has 0 heterocycles. The lowest BCUT2D eigenvalue weighted by molar-refractivity contribution is 0.478. The van der Waals surface area contributed by atoms with Crippen molar-refractivity contribution < 1.29 is 5.11 Å². The lowest BCUT2D eigenvalue weighted by Gasteiger charge is -2.04. The number of hydrogen-bond acceptors (Lipinski definition) is 1. The monoisotopic (exact) mass is 304 g/mol. The van der Waals surface area contributed by atoms with Gasteiger partial charge >= 0.3 is 0 Å². The second kappa shape index (κ2) is 3.35. The summed E-state index contributed by atoms with van der Waals surface area (Å²) in [6.07, 6.45) is 0. The standard InChI is InChI=1S/C10H6ClIO/c11-8-5-9(12)10(13)7-4-2-1-3-6(7)8/h1-5,13H. The van der Waals surface area contributed by atoms with E-state index in [0.29, 0.717) is 10.8 Å². The van der Waals surface area contributed by atoms with E-state index in [4.69, 9.17) is 11.6 Å². The Balaban J connectivity index is 2.97. The third-order valence-corrected chi connectivity index (χ3v) is 3.05. The van der Waals surface area contributed by atoms with Gasteiger partial charge in [-0.05, 0) is 28.7 Å². The molecule has 0 aliphatic carbocycles. The Bertz CT molecular complexity index is 468. The summed E-state index contributed by atoms with van der Waals surface area (Å²) in [6, 6.07) is 9.31. The Morgan fingerprint density at radius 2 is 1.77 bits per heavy atom. The zero-order valence-electron chi connectivity index (χ0n) is 6.59. The SMILES string of the molecule is Oc1c(I)cc(Cl)c2ccccc12. The van der Waals surface area contributed by atoms with E-state index >= 15 is 0 Å². The fourth-order valence-electron chi connectivity index (χ4n) is 1.28. The molecule has 0 aromatic heterocycles. The number of phenols is 1. The van der Waals surface area contributed by atoms with Gasteiger partial charge in [-0.15, -0.1) is 0 Å². The maximum atomic E-state index is 9.72. The molecule has 2 aromatic rings. The van der Waals surface area contributed by atoms with Crippen LogP contribution >= 0.6 is 34.2 Å². The molecule has 0 saturated heterocycles. The minimum absolute atomic E-state index is 0.306. The van der Waals surface area contributed by atoms with E-state index in [2.05, 4.69) is 22.6 Å². The van der Waals surface area contributed by atoms with E-state index < -0.39 is 0 Å². The normalized spacial score (nSPS) is 10.6. The van der Waals surface area contributed by atoms with Crippen molar-refractivity contribution >= 4 is 45.0 Å². The first-order chi connectivity index (χ1) is 6.20. The molecule has 2 rings (SSSR count). The van der Waals surface area contributed by atoms with Crippen LogP contribution in [0, 0.1) is 3.57 Å². The fraction of sp³-hybridized carbons (Fsp3) is 0. The van der Waals surface area contributed by atoms with Gasteiger partial charge in [-0.25, -0.2) is 0 Å². The van der Waals surface area contributed by atoms with Gasteiger partial charge in [0.2, 0.25) is 0 Å². The zero-order chi connectivity index (χ0) is 9.42. The molecule has 13 heavy (non-hydrogen) atoms. The molecule has 2 aromatic carbocycles. The van der Waals surface area contributed by atoms with Crippen LogP contribution in [0.25, 0.3) is 10.8 Å². The molecule has 0 unspecified atom stereocenters. The van der Waals surface area contributed by atoms with Crippen LogP contribution in [0.5, 0.6) is 5.75 Å². The first-order valence-corrected chi connectivity index (χ1v) is 5.21. The molecule has 0 atom stereocenters. The Kier molecular flexibility index (Phi) is 2.34. The summed E-state index contributed by atoms with van der Waals surface area (Å²) in [7, 11) is 0. The van der Waals surface area contributed by atoms with Crippen molar-refractivity contribution in [3.63, 3.8) is 0 Å².